The number of hydrogen-bond acceptors (Lipinski definition) is 6. The van der Waals surface area contributed by atoms with Crippen LogP contribution >= 0.6 is 0 Å². The maximum absolute atomic E-state index is 13.2. The number of rotatable bonds is 6. The zero-order chi connectivity index (χ0) is 19.2. The highest BCUT2D eigenvalue weighted by atomic mass is 19.1. The largest absolute Gasteiger partial charge is 0.497 e. The molecule has 1 aromatic heterocycles. The van der Waals surface area contributed by atoms with Gasteiger partial charge in [-0.05, 0) is 30.3 Å². The van der Waals surface area contributed by atoms with Crippen LogP contribution in [0.4, 0.5) is 21.6 Å². The van der Waals surface area contributed by atoms with Gasteiger partial charge in [-0.25, -0.2) is 14.4 Å². The molecule has 0 saturated heterocycles. The first-order valence-corrected chi connectivity index (χ1v) is 7.97. The molecule has 0 fully saturated rings. The maximum atomic E-state index is 13.2. The van der Waals surface area contributed by atoms with Gasteiger partial charge in [-0.1, -0.05) is 6.07 Å². The zero-order valence-corrected chi connectivity index (χ0v) is 14.7. The van der Waals surface area contributed by atoms with E-state index in [0.29, 0.717) is 28.7 Å². The number of hydrogen-bond donors (Lipinski definition) is 2. The van der Waals surface area contributed by atoms with Crippen molar-refractivity contribution in [3.63, 3.8) is 0 Å². The summed E-state index contributed by atoms with van der Waals surface area (Å²) in [6.07, 6.45) is 2.72. The van der Waals surface area contributed by atoms with Gasteiger partial charge < -0.3 is 20.1 Å². The Morgan fingerprint density at radius 3 is 2.56 bits per heavy atom. The van der Waals surface area contributed by atoms with Gasteiger partial charge in [-0.2, -0.15) is 0 Å². The Morgan fingerprint density at radius 1 is 1.04 bits per heavy atom. The Balaban J connectivity index is 1.71. The standard InChI is InChI=1S/C19H17FN4O3/c1-26-14-6-7-15(17(9-14)27-2)24-19(25)16-10-22-18(11-21-16)23-13-5-3-4-12(20)8-13/h3-11H,1-2H3,(H,22,23)(H,24,25). The normalized spacial score (nSPS) is 10.2. The first kappa shape index (κ1) is 18.1. The van der Waals surface area contributed by atoms with Crippen LogP contribution in [0.3, 0.4) is 0 Å². The van der Waals surface area contributed by atoms with Gasteiger partial charge in [0.25, 0.3) is 5.91 Å². The molecule has 0 bridgehead atoms. The summed E-state index contributed by atoms with van der Waals surface area (Å²) in [7, 11) is 3.04. The van der Waals surface area contributed by atoms with Crippen molar-refractivity contribution in [2.75, 3.05) is 24.9 Å². The van der Waals surface area contributed by atoms with E-state index < -0.39 is 5.91 Å². The van der Waals surface area contributed by atoms with Crippen molar-refractivity contribution in [2.45, 2.75) is 0 Å². The van der Waals surface area contributed by atoms with Crippen LogP contribution in [0, 0.1) is 5.82 Å². The molecule has 0 spiro atoms. The van der Waals surface area contributed by atoms with E-state index in [1.807, 2.05) is 0 Å². The van der Waals surface area contributed by atoms with E-state index in [-0.39, 0.29) is 11.5 Å². The summed E-state index contributed by atoms with van der Waals surface area (Å²) < 4.78 is 23.6. The Labute approximate surface area is 155 Å². The number of carbonyl (C=O) groups excluding carboxylic acids is 1. The lowest BCUT2D eigenvalue weighted by molar-refractivity contribution is 0.102. The molecular weight excluding hydrogens is 351 g/mol. The number of amides is 1. The number of nitrogens with one attached hydrogen (secondary N) is 2. The van der Waals surface area contributed by atoms with Crippen molar-refractivity contribution >= 4 is 23.1 Å². The highest BCUT2D eigenvalue weighted by Crippen LogP contribution is 2.29. The Morgan fingerprint density at radius 2 is 1.89 bits per heavy atom. The smallest absolute Gasteiger partial charge is 0.275 e. The van der Waals surface area contributed by atoms with Gasteiger partial charge in [0.15, 0.2) is 0 Å². The van der Waals surface area contributed by atoms with Crippen LogP contribution in [0.2, 0.25) is 0 Å². The van der Waals surface area contributed by atoms with Crippen LogP contribution in [0.5, 0.6) is 11.5 Å². The molecule has 2 aromatic carbocycles. The van der Waals surface area contributed by atoms with Gasteiger partial charge in [-0.15, -0.1) is 0 Å². The molecule has 0 aliphatic carbocycles. The molecule has 27 heavy (non-hydrogen) atoms. The van der Waals surface area contributed by atoms with Crippen LogP contribution in [0.15, 0.2) is 54.9 Å². The topological polar surface area (TPSA) is 85.4 Å². The highest BCUT2D eigenvalue weighted by molar-refractivity contribution is 6.03. The first-order chi connectivity index (χ1) is 13.1. The predicted molar refractivity (Wildman–Crippen MR) is 99.2 cm³/mol. The Bertz CT molecular complexity index is 948. The van der Waals surface area contributed by atoms with E-state index in [4.69, 9.17) is 9.47 Å². The summed E-state index contributed by atoms with van der Waals surface area (Å²) in [5.41, 5.74) is 1.13. The van der Waals surface area contributed by atoms with Crippen LogP contribution in [-0.4, -0.2) is 30.1 Å². The third-order valence-electron chi connectivity index (χ3n) is 3.64. The van der Waals surface area contributed by atoms with Crippen LogP contribution < -0.4 is 20.1 Å². The highest BCUT2D eigenvalue weighted by Gasteiger charge is 2.12. The third-order valence-corrected chi connectivity index (χ3v) is 3.64. The monoisotopic (exact) mass is 368 g/mol. The quantitative estimate of drug-likeness (QED) is 0.691. The number of carbonyl (C=O) groups is 1. The number of anilines is 3. The molecule has 1 heterocycles. The Hall–Kier alpha value is -3.68. The fourth-order valence-corrected chi connectivity index (χ4v) is 2.31. The van der Waals surface area contributed by atoms with Crippen LogP contribution in [-0.2, 0) is 0 Å². The molecule has 3 rings (SSSR count). The molecule has 3 aromatic rings. The second-order valence-electron chi connectivity index (χ2n) is 5.44. The molecule has 0 aliphatic rings. The Kier molecular flexibility index (Phi) is 5.46. The van der Waals surface area contributed by atoms with Crippen molar-refractivity contribution in [1.29, 1.82) is 0 Å². The lowest BCUT2D eigenvalue weighted by Gasteiger charge is -2.11. The van der Waals surface area contributed by atoms with E-state index in [0.717, 1.165) is 0 Å². The minimum atomic E-state index is -0.441. The molecule has 2 N–H and O–H groups in total. The second-order valence-corrected chi connectivity index (χ2v) is 5.44. The molecule has 0 unspecified atom stereocenters. The fourth-order valence-electron chi connectivity index (χ4n) is 2.31. The van der Waals surface area contributed by atoms with Gasteiger partial charge >= 0.3 is 0 Å². The molecule has 0 radical (unpaired) electrons. The predicted octanol–water partition coefficient (Wildman–Crippen LogP) is 3.63. The van der Waals surface area contributed by atoms with E-state index in [1.165, 1.54) is 31.6 Å². The van der Waals surface area contributed by atoms with Crippen LogP contribution in [0.25, 0.3) is 0 Å². The van der Waals surface area contributed by atoms with Crippen molar-refractivity contribution in [3.05, 3.63) is 66.4 Å². The second kappa shape index (κ2) is 8.13. The van der Waals surface area contributed by atoms with E-state index in [9.17, 15) is 9.18 Å². The SMILES string of the molecule is COc1ccc(NC(=O)c2cnc(Nc3cccc(F)c3)cn2)c(OC)c1. The van der Waals surface area contributed by atoms with Gasteiger partial charge in [0, 0.05) is 11.8 Å². The van der Waals surface area contributed by atoms with Crippen molar-refractivity contribution in [2.24, 2.45) is 0 Å². The summed E-state index contributed by atoms with van der Waals surface area (Å²) in [6.45, 7) is 0. The number of halogens is 1. The summed E-state index contributed by atoms with van der Waals surface area (Å²) >= 11 is 0. The summed E-state index contributed by atoms with van der Waals surface area (Å²) in [4.78, 5) is 20.6. The van der Waals surface area contributed by atoms with Gasteiger partial charge in [0.05, 0.1) is 32.3 Å². The molecule has 138 valence electrons. The number of methoxy groups -OCH3 is 2. The minimum Gasteiger partial charge on any atom is -0.497 e. The van der Waals surface area contributed by atoms with Crippen molar-refractivity contribution in [3.8, 4) is 11.5 Å². The fraction of sp³-hybridized carbons (Fsp3) is 0.105. The summed E-state index contributed by atoms with van der Waals surface area (Å²) in [5, 5.41) is 5.63. The summed E-state index contributed by atoms with van der Waals surface area (Å²) in [5.74, 6) is 0.650. The zero-order valence-electron chi connectivity index (χ0n) is 14.7. The van der Waals surface area contributed by atoms with Crippen molar-refractivity contribution in [1.82, 2.24) is 9.97 Å². The molecule has 0 aliphatic heterocycles. The number of benzene rings is 2. The molecule has 1 amide bonds. The van der Waals surface area contributed by atoms with Gasteiger partial charge in [0.2, 0.25) is 0 Å². The van der Waals surface area contributed by atoms with Gasteiger partial charge in [0.1, 0.15) is 28.8 Å². The molecule has 0 atom stereocenters. The van der Waals surface area contributed by atoms with Crippen molar-refractivity contribution < 1.29 is 18.7 Å². The number of ether oxygens (including phenoxy) is 2. The third kappa shape index (κ3) is 4.49. The van der Waals surface area contributed by atoms with Crippen LogP contribution in [0.1, 0.15) is 10.5 Å². The molecule has 7 nitrogen and oxygen atoms in total. The number of aromatic nitrogens is 2. The van der Waals surface area contributed by atoms with E-state index in [1.54, 1.807) is 37.4 Å². The maximum Gasteiger partial charge on any atom is 0.275 e. The van der Waals surface area contributed by atoms with E-state index in [2.05, 4.69) is 20.6 Å². The molecular formula is C19H17FN4O3. The molecule has 8 heteroatoms. The number of nitrogens with zero attached hydrogens (tertiary/aromatic N) is 2. The average molecular weight is 368 g/mol. The first-order valence-electron chi connectivity index (χ1n) is 7.97. The molecule has 0 saturated carbocycles. The summed E-state index contributed by atoms with van der Waals surface area (Å²) in [6, 6.07) is 11.0. The lowest BCUT2D eigenvalue weighted by Crippen LogP contribution is -2.15. The van der Waals surface area contributed by atoms with E-state index >= 15 is 0 Å². The minimum absolute atomic E-state index is 0.123. The lowest BCUT2D eigenvalue weighted by atomic mass is 10.2. The van der Waals surface area contributed by atoms with Gasteiger partial charge in [-0.3, -0.25) is 4.79 Å². The average Bonchev–Trinajstić information content (AvgIpc) is 2.69.